The van der Waals surface area contributed by atoms with Gasteiger partial charge in [-0.05, 0) is 99.8 Å². The Morgan fingerprint density at radius 2 is 1.22 bits per heavy atom. The molecule has 0 aromatic heterocycles. The van der Waals surface area contributed by atoms with Crippen molar-refractivity contribution in [3.05, 3.63) is 93.0 Å². The minimum Gasteiger partial charge on any atom is -0.444 e. The summed E-state index contributed by atoms with van der Waals surface area (Å²) >= 11 is 3.38. The van der Waals surface area contributed by atoms with Crippen molar-refractivity contribution < 1.29 is 19.1 Å². The Bertz CT molecular complexity index is 1260. The molecule has 0 saturated heterocycles. The summed E-state index contributed by atoms with van der Waals surface area (Å²) in [6, 6.07) is 18.0. The number of benzene rings is 3. The summed E-state index contributed by atoms with van der Waals surface area (Å²) < 4.78 is 6.15. The molecule has 0 radical (unpaired) electrons. The van der Waals surface area contributed by atoms with E-state index in [0.717, 1.165) is 10.0 Å². The van der Waals surface area contributed by atoms with Gasteiger partial charge in [0.15, 0.2) is 0 Å². The van der Waals surface area contributed by atoms with Crippen molar-refractivity contribution in [2.45, 2.75) is 46.8 Å². The molecule has 0 aliphatic carbocycles. The Hall–Kier alpha value is -3.65. The Labute approximate surface area is 219 Å². The van der Waals surface area contributed by atoms with E-state index < -0.39 is 11.7 Å². The van der Waals surface area contributed by atoms with Crippen LogP contribution in [0.5, 0.6) is 0 Å². The van der Waals surface area contributed by atoms with Gasteiger partial charge in [0, 0.05) is 33.5 Å². The summed E-state index contributed by atoms with van der Waals surface area (Å²) in [5.74, 6) is -0.504. The lowest BCUT2D eigenvalue weighted by atomic mass is 9.98. The first-order valence-corrected chi connectivity index (χ1v) is 12.3. The fraction of sp³-hybridized carbons (Fsp3) is 0.250. The van der Waals surface area contributed by atoms with Crippen LogP contribution in [-0.4, -0.2) is 23.5 Å². The molecule has 7 nitrogen and oxygen atoms in total. The van der Waals surface area contributed by atoms with Crippen LogP contribution in [0.2, 0.25) is 0 Å². The maximum absolute atomic E-state index is 12.9. The zero-order chi connectivity index (χ0) is 26.5. The van der Waals surface area contributed by atoms with E-state index in [0.29, 0.717) is 40.2 Å². The molecular weight excluding hydrogens is 522 g/mol. The average molecular weight is 552 g/mol. The number of anilines is 2. The topological polar surface area (TPSA) is 96.5 Å². The SMILES string of the molecule is Cc1cc(C(=O)Nc2ccc(CNC(=O)OC(C)(C)C)cc2)c(C)cc1C(=O)Nc1ccc(Br)cc1. The van der Waals surface area contributed by atoms with Crippen LogP contribution < -0.4 is 16.0 Å². The zero-order valence-electron chi connectivity index (χ0n) is 21.0. The van der Waals surface area contributed by atoms with E-state index in [-0.39, 0.29) is 11.8 Å². The largest absolute Gasteiger partial charge is 0.444 e. The quantitative estimate of drug-likeness (QED) is 0.321. The Kier molecular flexibility index (Phi) is 8.53. The second-order valence-corrected chi connectivity index (χ2v) is 10.4. The Morgan fingerprint density at radius 3 is 1.67 bits per heavy atom. The fourth-order valence-electron chi connectivity index (χ4n) is 3.43. The number of aryl methyl sites for hydroxylation is 2. The lowest BCUT2D eigenvalue weighted by molar-refractivity contribution is 0.0523. The van der Waals surface area contributed by atoms with Crippen molar-refractivity contribution in [2.75, 3.05) is 10.6 Å². The van der Waals surface area contributed by atoms with E-state index in [9.17, 15) is 14.4 Å². The summed E-state index contributed by atoms with van der Waals surface area (Å²) in [5, 5.41) is 8.47. The lowest BCUT2D eigenvalue weighted by Gasteiger charge is -2.19. The Morgan fingerprint density at radius 1 is 0.778 bits per heavy atom. The molecule has 0 aliphatic rings. The van der Waals surface area contributed by atoms with E-state index in [1.807, 2.05) is 36.4 Å². The maximum Gasteiger partial charge on any atom is 0.407 e. The molecule has 3 aromatic carbocycles. The van der Waals surface area contributed by atoms with Crippen LogP contribution >= 0.6 is 15.9 Å². The molecule has 3 amide bonds. The highest BCUT2D eigenvalue weighted by Gasteiger charge is 2.17. The van der Waals surface area contributed by atoms with Crippen molar-refractivity contribution in [2.24, 2.45) is 0 Å². The number of carbonyl (C=O) groups is 3. The minimum absolute atomic E-state index is 0.236. The normalized spacial score (nSPS) is 10.9. The van der Waals surface area contributed by atoms with Crippen molar-refractivity contribution in [1.82, 2.24) is 5.32 Å². The average Bonchev–Trinajstić information content (AvgIpc) is 2.80. The van der Waals surface area contributed by atoms with E-state index in [4.69, 9.17) is 4.74 Å². The molecule has 3 aromatic rings. The van der Waals surface area contributed by atoms with Crippen molar-refractivity contribution in [3.63, 3.8) is 0 Å². The molecule has 0 spiro atoms. The number of carbonyl (C=O) groups excluding carboxylic acids is 3. The van der Waals surface area contributed by atoms with Crippen LogP contribution in [0.25, 0.3) is 0 Å². The van der Waals surface area contributed by atoms with E-state index in [2.05, 4.69) is 31.9 Å². The van der Waals surface area contributed by atoms with Crippen LogP contribution in [0.15, 0.2) is 65.1 Å². The second-order valence-electron chi connectivity index (χ2n) is 9.45. The molecular formula is C28H30BrN3O4. The molecule has 8 heteroatoms. The highest BCUT2D eigenvalue weighted by Crippen LogP contribution is 2.21. The van der Waals surface area contributed by atoms with Gasteiger partial charge in [-0.25, -0.2) is 4.79 Å². The van der Waals surface area contributed by atoms with Gasteiger partial charge in [0.2, 0.25) is 0 Å². The summed E-state index contributed by atoms with van der Waals surface area (Å²) in [5.41, 5.74) is 4.00. The fourth-order valence-corrected chi connectivity index (χ4v) is 3.69. The summed E-state index contributed by atoms with van der Waals surface area (Å²) in [6.07, 6.45) is -0.486. The third-order valence-corrected chi connectivity index (χ3v) is 5.74. The number of amides is 3. The molecule has 0 aliphatic heterocycles. The molecule has 0 heterocycles. The predicted octanol–water partition coefficient (Wildman–Crippen LogP) is 6.60. The number of hydrogen-bond acceptors (Lipinski definition) is 4. The maximum atomic E-state index is 12.9. The monoisotopic (exact) mass is 551 g/mol. The smallest absolute Gasteiger partial charge is 0.407 e. The highest BCUT2D eigenvalue weighted by atomic mass is 79.9. The van der Waals surface area contributed by atoms with E-state index in [1.54, 1.807) is 58.9 Å². The van der Waals surface area contributed by atoms with Crippen LogP contribution in [0, 0.1) is 13.8 Å². The summed E-state index contributed by atoms with van der Waals surface area (Å²) in [6.45, 7) is 9.33. The molecule has 188 valence electrons. The van der Waals surface area contributed by atoms with Crippen LogP contribution in [0.4, 0.5) is 16.2 Å². The zero-order valence-corrected chi connectivity index (χ0v) is 22.6. The summed E-state index contributed by atoms with van der Waals surface area (Å²) in [4.78, 5) is 37.5. The van der Waals surface area contributed by atoms with Gasteiger partial charge in [0.25, 0.3) is 11.8 Å². The number of halogens is 1. The number of hydrogen-bond donors (Lipinski definition) is 3. The van der Waals surface area contributed by atoms with Gasteiger partial charge >= 0.3 is 6.09 Å². The van der Waals surface area contributed by atoms with Crippen LogP contribution in [0.3, 0.4) is 0 Å². The summed E-state index contributed by atoms with van der Waals surface area (Å²) in [7, 11) is 0. The molecule has 0 saturated carbocycles. The van der Waals surface area contributed by atoms with Gasteiger partial charge in [-0.3, -0.25) is 9.59 Å². The first-order chi connectivity index (χ1) is 16.9. The first-order valence-electron chi connectivity index (χ1n) is 11.5. The molecule has 3 N–H and O–H groups in total. The molecule has 3 rings (SSSR count). The number of ether oxygens (including phenoxy) is 1. The van der Waals surface area contributed by atoms with Gasteiger partial charge in [0.1, 0.15) is 5.60 Å². The number of rotatable bonds is 6. The van der Waals surface area contributed by atoms with Gasteiger partial charge in [-0.15, -0.1) is 0 Å². The molecule has 0 fully saturated rings. The second kappa shape index (κ2) is 11.4. The lowest BCUT2D eigenvalue weighted by Crippen LogP contribution is -2.32. The van der Waals surface area contributed by atoms with Crippen molar-refractivity contribution in [1.29, 1.82) is 0 Å². The molecule has 0 bridgehead atoms. The third-order valence-electron chi connectivity index (χ3n) is 5.21. The molecule has 36 heavy (non-hydrogen) atoms. The highest BCUT2D eigenvalue weighted by molar-refractivity contribution is 9.10. The predicted molar refractivity (Wildman–Crippen MR) is 145 cm³/mol. The number of alkyl carbamates (subject to hydrolysis) is 1. The van der Waals surface area contributed by atoms with Gasteiger partial charge in [0.05, 0.1) is 0 Å². The van der Waals surface area contributed by atoms with Gasteiger partial charge in [-0.1, -0.05) is 28.1 Å². The van der Waals surface area contributed by atoms with Gasteiger partial charge < -0.3 is 20.7 Å². The molecule has 0 unspecified atom stereocenters. The third kappa shape index (κ3) is 7.68. The standard InChI is InChI=1S/C28H30BrN3O4/c1-17-15-24(26(34)32-22-12-8-20(29)9-13-22)18(2)14-23(17)25(33)31-21-10-6-19(7-11-21)16-30-27(35)36-28(3,4)5/h6-15H,16H2,1-5H3,(H,30,35)(H,31,33)(H,32,34). The minimum atomic E-state index is -0.559. The van der Waals surface area contributed by atoms with Crippen molar-refractivity contribution >= 4 is 45.2 Å². The van der Waals surface area contributed by atoms with E-state index in [1.165, 1.54) is 0 Å². The molecule has 0 atom stereocenters. The van der Waals surface area contributed by atoms with Crippen LogP contribution in [-0.2, 0) is 11.3 Å². The van der Waals surface area contributed by atoms with Gasteiger partial charge in [-0.2, -0.15) is 0 Å². The number of nitrogens with one attached hydrogen (secondary N) is 3. The van der Waals surface area contributed by atoms with Crippen molar-refractivity contribution in [3.8, 4) is 0 Å². The van der Waals surface area contributed by atoms with E-state index >= 15 is 0 Å². The first kappa shape index (κ1) is 26.9. The Balaban J connectivity index is 1.63. The van der Waals surface area contributed by atoms with Crippen LogP contribution in [0.1, 0.15) is 58.2 Å².